The molecule has 2 saturated heterocycles. The average molecular weight is 526 g/mol. The smallest absolute Gasteiger partial charge is 0.191 e. The number of nitrogens with one attached hydrogen (secondary N) is 2. The molecule has 1 unspecified atom stereocenters. The standard InChI is InChI=1S/C18H31N5OS2.HI/c1-3-15-12-21-16(26-15)4-6-20-17(19-2)22-13-18(5-11-25-14-18)23-7-9-24-10-8-23;/h12H,3-11,13-14H2,1-2H3,(H2,19,20,22);1H. The van der Waals surface area contributed by atoms with Crippen LogP contribution in [0, 0.1) is 0 Å². The Labute approximate surface area is 188 Å². The van der Waals surface area contributed by atoms with Gasteiger partial charge in [-0.05, 0) is 18.6 Å². The Bertz CT molecular complexity index is 586. The lowest BCUT2D eigenvalue weighted by molar-refractivity contribution is -0.0120. The molecule has 1 aromatic rings. The molecule has 0 aromatic carbocycles. The molecule has 6 nitrogen and oxygen atoms in total. The summed E-state index contributed by atoms with van der Waals surface area (Å²) in [7, 11) is 1.85. The fourth-order valence-corrected chi connectivity index (χ4v) is 5.86. The number of halogens is 1. The molecule has 0 bridgehead atoms. The van der Waals surface area contributed by atoms with Crippen LogP contribution in [0.2, 0.25) is 0 Å². The van der Waals surface area contributed by atoms with Crippen LogP contribution >= 0.6 is 47.1 Å². The third kappa shape index (κ3) is 6.45. The monoisotopic (exact) mass is 525 g/mol. The molecular weight excluding hydrogens is 493 g/mol. The van der Waals surface area contributed by atoms with Gasteiger partial charge in [0, 0.05) is 62.0 Å². The van der Waals surface area contributed by atoms with Gasteiger partial charge in [-0.15, -0.1) is 35.3 Å². The van der Waals surface area contributed by atoms with Crippen molar-refractivity contribution >= 4 is 53.0 Å². The molecule has 2 fully saturated rings. The van der Waals surface area contributed by atoms with Crippen molar-refractivity contribution in [3.8, 4) is 0 Å². The summed E-state index contributed by atoms with van der Waals surface area (Å²) in [6, 6.07) is 0. The summed E-state index contributed by atoms with van der Waals surface area (Å²) in [4.78, 5) is 12.9. The number of hydrogen-bond donors (Lipinski definition) is 2. The normalized spacial score (nSPS) is 23.9. The first kappa shape index (κ1) is 23.2. The lowest BCUT2D eigenvalue weighted by atomic mass is 9.95. The van der Waals surface area contributed by atoms with E-state index in [0.29, 0.717) is 0 Å². The molecule has 154 valence electrons. The van der Waals surface area contributed by atoms with Gasteiger partial charge in [0.1, 0.15) is 0 Å². The van der Waals surface area contributed by atoms with Crippen molar-refractivity contribution in [3.05, 3.63) is 16.1 Å². The van der Waals surface area contributed by atoms with Gasteiger partial charge < -0.3 is 15.4 Å². The van der Waals surface area contributed by atoms with Gasteiger partial charge in [0.25, 0.3) is 0 Å². The highest BCUT2D eigenvalue weighted by Crippen LogP contribution is 2.33. The lowest BCUT2D eigenvalue weighted by Gasteiger charge is -2.43. The van der Waals surface area contributed by atoms with Crippen LogP contribution in [0.15, 0.2) is 11.2 Å². The van der Waals surface area contributed by atoms with Crippen molar-refractivity contribution < 1.29 is 4.74 Å². The quantitative estimate of drug-likeness (QED) is 0.324. The second kappa shape index (κ2) is 11.8. The van der Waals surface area contributed by atoms with Crippen LogP contribution < -0.4 is 10.6 Å². The van der Waals surface area contributed by atoms with E-state index >= 15 is 0 Å². The molecular formula is C18H32IN5OS2. The zero-order valence-electron chi connectivity index (χ0n) is 16.3. The molecule has 2 aliphatic rings. The van der Waals surface area contributed by atoms with Crippen LogP contribution in [-0.2, 0) is 17.6 Å². The molecule has 9 heteroatoms. The van der Waals surface area contributed by atoms with E-state index in [-0.39, 0.29) is 29.5 Å². The van der Waals surface area contributed by atoms with E-state index in [1.165, 1.54) is 27.8 Å². The van der Waals surface area contributed by atoms with Crippen molar-refractivity contribution in [2.24, 2.45) is 4.99 Å². The minimum atomic E-state index is 0. The number of aryl methyl sites for hydroxylation is 1. The predicted octanol–water partition coefficient (Wildman–Crippen LogP) is 2.24. The molecule has 0 spiro atoms. The Hall–Kier alpha value is -0.100. The molecule has 27 heavy (non-hydrogen) atoms. The average Bonchev–Trinajstić information content (AvgIpc) is 3.35. The Kier molecular flexibility index (Phi) is 10.1. The fourth-order valence-electron chi connectivity index (χ4n) is 3.52. The number of ether oxygens (including phenoxy) is 1. The maximum Gasteiger partial charge on any atom is 0.191 e. The number of nitrogens with zero attached hydrogens (tertiary/aromatic N) is 3. The Balaban J connectivity index is 0.00000261. The van der Waals surface area contributed by atoms with Crippen LogP contribution in [0.25, 0.3) is 0 Å². The predicted molar refractivity (Wildman–Crippen MR) is 127 cm³/mol. The van der Waals surface area contributed by atoms with Gasteiger partial charge in [-0.1, -0.05) is 6.92 Å². The SMILES string of the molecule is CCc1cnc(CCNC(=NC)NCC2(N3CCOCC3)CCSC2)s1.I. The highest BCUT2D eigenvalue weighted by atomic mass is 127. The first-order valence-corrected chi connectivity index (χ1v) is 11.5. The topological polar surface area (TPSA) is 61.8 Å². The van der Waals surface area contributed by atoms with Crippen molar-refractivity contribution in [2.75, 3.05) is 57.9 Å². The molecule has 2 aliphatic heterocycles. The van der Waals surface area contributed by atoms with Crippen LogP contribution in [0.5, 0.6) is 0 Å². The summed E-state index contributed by atoms with van der Waals surface area (Å²) in [5, 5.41) is 8.22. The second-order valence-electron chi connectivity index (χ2n) is 6.80. The van der Waals surface area contributed by atoms with E-state index in [1.54, 1.807) is 0 Å². The number of morpholine rings is 1. The zero-order valence-corrected chi connectivity index (χ0v) is 20.3. The van der Waals surface area contributed by atoms with Crippen LogP contribution in [-0.4, -0.2) is 79.3 Å². The van der Waals surface area contributed by atoms with Gasteiger partial charge in [0.05, 0.1) is 18.2 Å². The van der Waals surface area contributed by atoms with Gasteiger partial charge >= 0.3 is 0 Å². The molecule has 1 atom stereocenters. The number of thioether (sulfide) groups is 1. The largest absolute Gasteiger partial charge is 0.379 e. The Morgan fingerprint density at radius 1 is 1.37 bits per heavy atom. The maximum absolute atomic E-state index is 5.55. The van der Waals surface area contributed by atoms with E-state index in [1.807, 2.05) is 24.6 Å². The molecule has 0 saturated carbocycles. The zero-order chi connectivity index (χ0) is 18.2. The summed E-state index contributed by atoms with van der Waals surface area (Å²) < 4.78 is 5.55. The summed E-state index contributed by atoms with van der Waals surface area (Å²) in [5.41, 5.74) is 0.234. The van der Waals surface area contributed by atoms with Gasteiger partial charge in [0.15, 0.2) is 5.96 Å². The van der Waals surface area contributed by atoms with Crippen molar-refractivity contribution in [3.63, 3.8) is 0 Å². The van der Waals surface area contributed by atoms with E-state index in [0.717, 1.165) is 58.2 Å². The van der Waals surface area contributed by atoms with E-state index < -0.39 is 0 Å². The number of guanidine groups is 1. The number of rotatable bonds is 7. The minimum absolute atomic E-state index is 0. The molecule has 0 aliphatic carbocycles. The Morgan fingerprint density at radius 2 is 2.19 bits per heavy atom. The first-order chi connectivity index (χ1) is 12.8. The summed E-state index contributed by atoms with van der Waals surface area (Å²) in [5.74, 6) is 3.33. The summed E-state index contributed by atoms with van der Waals surface area (Å²) >= 11 is 3.88. The van der Waals surface area contributed by atoms with Crippen LogP contribution in [0.4, 0.5) is 0 Å². The highest BCUT2D eigenvalue weighted by molar-refractivity contribution is 14.0. The summed E-state index contributed by atoms with van der Waals surface area (Å²) in [6.07, 6.45) is 5.24. The van der Waals surface area contributed by atoms with Crippen molar-refractivity contribution in [1.29, 1.82) is 0 Å². The molecule has 3 heterocycles. The van der Waals surface area contributed by atoms with Gasteiger partial charge in [-0.2, -0.15) is 11.8 Å². The Morgan fingerprint density at radius 3 is 2.81 bits per heavy atom. The van der Waals surface area contributed by atoms with Gasteiger partial charge in [-0.25, -0.2) is 4.98 Å². The molecule has 1 aromatic heterocycles. The first-order valence-electron chi connectivity index (χ1n) is 9.54. The number of hydrogen-bond acceptors (Lipinski definition) is 6. The third-order valence-corrected chi connectivity index (χ3v) is 7.59. The van der Waals surface area contributed by atoms with E-state index in [2.05, 4.69) is 44.2 Å². The van der Waals surface area contributed by atoms with Crippen LogP contribution in [0.1, 0.15) is 23.2 Å². The van der Waals surface area contributed by atoms with E-state index in [9.17, 15) is 0 Å². The van der Waals surface area contributed by atoms with Crippen LogP contribution in [0.3, 0.4) is 0 Å². The van der Waals surface area contributed by atoms with Gasteiger partial charge in [-0.3, -0.25) is 9.89 Å². The van der Waals surface area contributed by atoms with Crippen molar-refractivity contribution in [2.45, 2.75) is 31.7 Å². The van der Waals surface area contributed by atoms with Crippen molar-refractivity contribution in [1.82, 2.24) is 20.5 Å². The lowest BCUT2D eigenvalue weighted by Crippen LogP contribution is -2.60. The number of thiazole rings is 1. The minimum Gasteiger partial charge on any atom is -0.379 e. The second-order valence-corrected chi connectivity index (χ2v) is 9.11. The molecule has 3 rings (SSSR count). The fraction of sp³-hybridized carbons (Fsp3) is 0.778. The van der Waals surface area contributed by atoms with Gasteiger partial charge in [0.2, 0.25) is 0 Å². The highest BCUT2D eigenvalue weighted by Gasteiger charge is 2.40. The molecule has 0 radical (unpaired) electrons. The number of aromatic nitrogens is 1. The third-order valence-electron chi connectivity index (χ3n) is 5.15. The van der Waals surface area contributed by atoms with E-state index in [4.69, 9.17) is 4.74 Å². The molecule has 2 N–H and O–H groups in total. The number of aliphatic imine (C=N–C) groups is 1. The molecule has 0 amide bonds. The summed E-state index contributed by atoms with van der Waals surface area (Å²) in [6.45, 7) is 7.76. The maximum atomic E-state index is 5.55.